The van der Waals surface area contributed by atoms with Gasteiger partial charge in [-0.05, 0) is 54.3 Å². The Hall–Kier alpha value is -3.37. The first kappa shape index (κ1) is 22.8. The fourth-order valence-electron chi connectivity index (χ4n) is 3.86. The van der Waals surface area contributed by atoms with Gasteiger partial charge < -0.3 is 9.88 Å². The third kappa shape index (κ3) is 6.56. The summed E-state index contributed by atoms with van der Waals surface area (Å²) >= 11 is 6.05. The van der Waals surface area contributed by atoms with Crippen molar-refractivity contribution in [2.45, 2.75) is 32.2 Å². The van der Waals surface area contributed by atoms with E-state index in [1.54, 1.807) is 6.08 Å². The van der Waals surface area contributed by atoms with Crippen LogP contribution in [0.25, 0.3) is 17.1 Å². The van der Waals surface area contributed by atoms with Crippen LogP contribution in [-0.4, -0.2) is 22.0 Å². The van der Waals surface area contributed by atoms with Gasteiger partial charge in [-0.15, -0.1) is 0 Å². The molecule has 0 saturated carbocycles. The molecule has 0 bridgehead atoms. The Morgan fingerprint density at radius 1 is 0.909 bits per heavy atom. The molecule has 0 atom stereocenters. The smallest absolute Gasteiger partial charge is 0.243 e. The van der Waals surface area contributed by atoms with E-state index in [1.807, 2.05) is 54.6 Å². The molecule has 5 heteroatoms. The molecule has 4 rings (SSSR count). The highest BCUT2D eigenvalue weighted by Crippen LogP contribution is 2.20. The number of unbranched alkanes of at least 4 members (excludes halogenated alkanes) is 2. The third-order valence-electron chi connectivity index (χ3n) is 5.59. The van der Waals surface area contributed by atoms with E-state index in [2.05, 4.69) is 40.2 Å². The number of aromatic nitrogens is 2. The first-order chi connectivity index (χ1) is 16.2. The predicted molar refractivity (Wildman–Crippen MR) is 136 cm³/mol. The van der Waals surface area contributed by atoms with Crippen LogP contribution in [-0.2, 0) is 17.8 Å². The molecule has 0 radical (unpaired) electrons. The highest BCUT2D eigenvalue weighted by Gasteiger charge is 2.11. The summed E-state index contributed by atoms with van der Waals surface area (Å²) in [4.78, 5) is 16.9. The molecule has 1 aromatic heterocycles. The maximum atomic E-state index is 12.0. The number of amides is 1. The molecule has 0 unspecified atom stereocenters. The Balaban J connectivity index is 1.27. The van der Waals surface area contributed by atoms with Gasteiger partial charge in [-0.2, -0.15) is 0 Å². The van der Waals surface area contributed by atoms with Crippen LogP contribution in [0.15, 0.2) is 84.9 Å². The Kier molecular flexibility index (Phi) is 7.94. The molecule has 0 aliphatic carbocycles. The van der Waals surface area contributed by atoms with Gasteiger partial charge >= 0.3 is 0 Å². The number of nitrogens with one attached hydrogen (secondary N) is 1. The zero-order valence-electron chi connectivity index (χ0n) is 18.6. The summed E-state index contributed by atoms with van der Waals surface area (Å²) in [6.45, 7) is 1.45. The fraction of sp³-hybridized carbons (Fsp3) is 0.214. The molecular weight excluding hydrogens is 430 g/mol. The molecule has 4 nitrogen and oxygen atoms in total. The molecule has 33 heavy (non-hydrogen) atoms. The van der Waals surface area contributed by atoms with Crippen molar-refractivity contribution in [2.75, 3.05) is 6.54 Å². The summed E-state index contributed by atoms with van der Waals surface area (Å²) in [7, 11) is 0. The van der Waals surface area contributed by atoms with E-state index in [1.165, 1.54) is 5.56 Å². The molecule has 1 heterocycles. The zero-order valence-corrected chi connectivity index (χ0v) is 19.3. The number of nitrogens with zero attached hydrogens (tertiary/aromatic N) is 2. The number of carbonyl (C=O) groups excluding carboxylic acids is 1. The van der Waals surface area contributed by atoms with Gasteiger partial charge in [-0.25, -0.2) is 4.98 Å². The minimum atomic E-state index is -0.0522. The van der Waals surface area contributed by atoms with Gasteiger partial charge in [0.05, 0.1) is 11.0 Å². The molecule has 1 amide bonds. The van der Waals surface area contributed by atoms with Crippen molar-refractivity contribution in [2.24, 2.45) is 0 Å². The molecule has 0 aliphatic rings. The van der Waals surface area contributed by atoms with E-state index in [-0.39, 0.29) is 5.91 Å². The second-order valence-electron chi connectivity index (χ2n) is 8.08. The molecule has 0 aliphatic heterocycles. The van der Waals surface area contributed by atoms with Gasteiger partial charge in [0.15, 0.2) is 0 Å². The van der Waals surface area contributed by atoms with Gasteiger partial charge in [0, 0.05) is 30.6 Å². The second kappa shape index (κ2) is 11.5. The summed E-state index contributed by atoms with van der Waals surface area (Å²) in [6, 6.07) is 26.1. The summed E-state index contributed by atoms with van der Waals surface area (Å²) in [5, 5.41) is 3.71. The first-order valence-electron chi connectivity index (χ1n) is 11.4. The van der Waals surface area contributed by atoms with Crippen LogP contribution in [0, 0.1) is 0 Å². The van der Waals surface area contributed by atoms with E-state index in [9.17, 15) is 4.79 Å². The quantitative estimate of drug-likeness (QED) is 0.225. The highest BCUT2D eigenvalue weighted by molar-refractivity contribution is 6.30. The Labute approximate surface area is 199 Å². The zero-order chi connectivity index (χ0) is 22.9. The minimum Gasteiger partial charge on any atom is -0.353 e. The Morgan fingerprint density at radius 3 is 2.48 bits per heavy atom. The topological polar surface area (TPSA) is 46.9 Å². The van der Waals surface area contributed by atoms with E-state index in [0.717, 1.165) is 59.7 Å². The maximum absolute atomic E-state index is 12.0. The number of para-hydroxylation sites is 2. The number of fused-ring (bicyclic) bond motifs is 1. The summed E-state index contributed by atoms with van der Waals surface area (Å²) in [5.41, 5.74) is 4.41. The number of hydrogen-bond acceptors (Lipinski definition) is 2. The fourth-order valence-corrected chi connectivity index (χ4v) is 3.98. The predicted octanol–water partition coefficient (Wildman–Crippen LogP) is 6.28. The largest absolute Gasteiger partial charge is 0.353 e. The minimum absolute atomic E-state index is 0.0522. The second-order valence-corrected chi connectivity index (χ2v) is 8.51. The molecule has 3 aromatic carbocycles. The number of halogens is 1. The van der Waals surface area contributed by atoms with E-state index >= 15 is 0 Å². The number of benzene rings is 3. The van der Waals surface area contributed by atoms with Crippen molar-refractivity contribution in [1.82, 2.24) is 14.9 Å². The van der Waals surface area contributed by atoms with Crippen LogP contribution in [0.3, 0.4) is 0 Å². The molecule has 1 N–H and O–H groups in total. The lowest BCUT2D eigenvalue weighted by Crippen LogP contribution is -2.22. The van der Waals surface area contributed by atoms with Crippen LogP contribution >= 0.6 is 11.6 Å². The number of aryl methyl sites for hydroxylation is 1. The van der Waals surface area contributed by atoms with Gasteiger partial charge in [0.1, 0.15) is 5.82 Å². The average molecular weight is 458 g/mol. The Morgan fingerprint density at radius 2 is 1.67 bits per heavy atom. The van der Waals surface area contributed by atoms with Gasteiger partial charge in [0.2, 0.25) is 5.91 Å². The third-order valence-corrected chi connectivity index (χ3v) is 5.84. The van der Waals surface area contributed by atoms with Crippen molar-refractivity contribution in [1.29, 1.82) is 0 Å². The number of hydrogen-bond donors (Lipinski definition) is 1. The van der Waals surface area contributed by atoms with Crippen molar-refractivity contribution in [3.05, 3.63) is 107 Å². The van der Waals surface area contributed by atoms with Crippen LogP contribution in [0.1, 0.15) is 36.2 Å². The molecule has 0 spiro atoms. The summed E-state index contributed by atoms with van der Waals surface area (Å²) in [6.07, 6.45) is 7.34. The lowest BCUT2D eigenvalue weighted by molar-refractivity contribution is -0.116. The summed E-state index contributed by atoms with van der Waals surface area (Å²) in [5.74, 6) is 1.05. The van der Waals surface area contributed by atoms with Crippen LogP contribution in [0.4, 0.5) is 0 Å². The van der Waals surface area contributed by atoms with E-state index < -0.39 is 0 Å². The maximum Gasteiger partial charge on any atom is 0.243 e. The normalized spacial score (nSPS) is 11.3. The molecule has 0 saturated heterocycles. The highest BCUT2D eigenvalue weighted by atomic mass is 35.5. The van der Waals surface area contributed by atoms with Gasteiger partial charge in [0.25, 0.3) is 0 Å². The molecule has 0 fully saturated rings. The van der Waals surface area contributed by atoms with Crippen LogP contribution in [0.5, 0.6) is 0 Å². The molecular formula is C28H28ClN3O. The van der Waals surface area contributed by atoms with Gasteiger partial charge in [-0.3, -0.25) is 4.79 Å². The number of imidazole rings is 1. The lowest BCUT2D eigenvalue weighted by Gasteiger charge is -2.10. The van der Waals surface area contributed by atoms with Crippen molar-refractivity contribution in [3.63, 3.8) is 0 Å². The standard InChI is InChI=1S/C28H28ClN3O/c29-24-17-14-23(15-18-24)21-32-26-12-7-6-11-25(26)31-27(32)13-5-2-8-20-30-28(33)19-16-22-9-3-1-4-10-22/h1,3-4,6-7,9-12,14-19H,2,5,8,13,20-21H2,(H,30,33)/b19-16+. The Bertz CT molecular complexity index is 1210. The lowest BCUT2D eigenvalue weighted by atomic mass is 10.1. The van der Waals surface area contributed by atoms with Crippen molar-refractivity contribution >= 4 is 34.6 Å². The van der Waals surface area contributed by atoms with E-state index in [0.29, 0.717) is 6.54 Å². The SMILES string of the molecule is O=C(/C=C/c1ccccc1)NCCCCCc1nc2ccccc2n1Cc1ccc(Cl)cc1. The molecule has 4 aromatic rings. The van der Waals surface area contributed by atoms with E-state index in [4.69, 9.17) is 16.6 Å². The van der Waals surface area contributed by atoms with Crippen molar-refractivity contribution in [3.8, 4) is 0 Å². The average Bonchev–Trinajstić information content (AvgIpc) is 3.19. The number of carbonyl (C=O) groups is 1. The first-order valence-corrected chi connectivity index (χ1v) is 11.8. The summed E-state index contributed by atoms with van der Waals surface area (Å²) < 4.78 is 2.30. The monoisotopic (exact) mass is 457 g/mol. The van der Waals surface area contributed by atoms with Crippen LogP contribution in [0.2, 0.25) is 5.02 Å². The van der Waals surface area contributed by atoms with Gasteiger partial charge in [-0.1, -0.05) is 72.6 Å². The van der Waals surface area contributed by atoms with Crippen LogP contribution < -0.4 is 5.32 Å². The number of rotatable bonds is 10. The van der Waals surface area contributed by atoms with Crippen molar-refractivity contribution < 1.29 is 4.79 Å². The molecule has 168 valence electrons.